The van der Waals surface area contributed by atoms with Crippen LogP contribution in [0.2, 0.25) is 0 Å². The van der Waals surface area contributed by atoms with E-state index in [2.05, 4.69) is 36.5 Å². The van der Waals surface area contributed by atoms with Crippen molar-refractivity contribution in [2.45, 2.75) is 19.8 Å². The predicted molar refractivity (Wildman–Crippen MR) is 57.3 cm³/mol. The van der Waals surface area contributed by atoms with Gasteiger partial charge in [0.1, 0.15) is 0 Å². The quantitative estimate of drug-likeness (QED) is 0.439. The first-order chi connectivity index (χ1) is 6.74. The van der Waals surface area contributed by atoms with Crippen molar-refractivity contribution in [3.05, 3.63) is 35.4 Å². The lowest BCUT2D eigenvalue weighted by Crippen LogP contribution is -2.00. The maximum absolute atomic E-state index is 9.91. The molecule has 3 heteroatoms. The second-order valence-electron chi connectivity index (χ2n) is 3.33. The average molecular weight is 190 g/mol. The molecule has 0 bridgehead atoms. The molecule has 3 nitrogen and oxygen atoms in total. The van der Waals surface area contributed by atoms with Crippen molar-refractivity contribution in [1.82, 2.24) is 5.43 Å². The summed E-state index contributed by atoms with van der Waals surface area (Å²) in [6.45, 7) is 4.30. The van der Waals surface area contributed by atoms with Crippen LogP contribution in [0.3, 0.4) is 0 Å². The van der Waals surface area contributed by atoms with Crippen LogP contribution in [0, 0.1) is 0 Å². The highest BCUT2D eigenvalue weighted by Gasteiger charge is 1.96. The molecule has 1 rings (SSSR count). The summed E-state index contributed by atoms with van der Waals surface area (Å²) in [7, 11) is 0. The number of hydrogen-bond donors (Lipinski definition) is 1. The van der Waals surface area contributed by atoms with E-state index < -0.39 is 0 Å². The Morgan fingerprint density at radius 1 is 1.29 bits per heavy atom. The van der Waals surface area contributed by atoms with E-state index in [0.29, 0.717) is 12.3 Å². The average Bonchev–Trinajstić information content (AvgIpc) is 2.19. The van der Waals surface area contributed by atoms with Crippen molar-refractivity contribution in [3.8, 4) is 0 Å². The number of nitrogens with one attached hydrogen (secondary N) is 1. The molecule has 0 aliphatic rings. The third kappa shape index (κ3) is 3.01. The van der Waals surface area contributed by atoms with Crippen molar-refractivity contribution < 1.29 is 4.79 Å². The number of hydrogen-bond acceptors (Lipinski definition) is 2. The number of benzene rings is 1. The monoisotopic (exact) mass is 190 g/mol. The predicted octanol–water partition coefficient (Wildman–Crippen LogP) is 1.89. The third-order valence-corrected chi connectivity index (χ3v) is 1.94. The fourth-order valence-corrected chi connectivity index (χ4v) is 1.11. The second-order valence-corrected chi connectivity index (χ2v) is 3.33. The molecular formula is C11H14N2O. The highest BCUT2D eigenvalue weighted by atomic mass is 16.1. The summed E-state index contributed by atoms with van der Waals surface area (Å²) < 4.78 is 0. The van der Waals surface area contributed by atoms with Crippen molar-refractivity contribution in [1.29, 1.82) is 0 Å². The lowest BCUT2D eigenvalue weighted by atomic mass is 10.0. The molecule has 0 aliphatic heterocycles. The minimum Gasteiger partial charge on any atom is -0.277 e. The Balaban J connectivity index is 2.68. The molecular weight excluding hydrogens is 176 g/mol. The molecule has 0 unspecified atom stereocenters. The van der Waals surface area contributed by atoms with Crippen LogP contribution in [-0.2, 0) is 4.79 Å². The molecule has 1 aromatic rings. The lowest BCUT2D eigenvalue weighted by Gasteiger charge is -2.04. The molecule has 14 heavy (non-hydrogen) atoms. The number of carbonyl (C=O) groups is 1. The van der Waals surface area contributed by atoms with Crippen LogP contribution in [0.15, 0.2) is 29.4 Å². The molecule has 1 N–H and O–H groups in total. The van der Waals surface area contributed by atoms with Crippen molar-refractivity contribution in [2.75, 3.05) is 0 Å². The lowest BCUT2D eigenvalue weighted by molar-refractivity contribution is -0.109. The van der Waals surface area contributed by atoms with E-state index in [1.54, 1.807) is 6.21 Å². The highest BCUT2D eigenvalue weighted by Crippen LogP contribution is 2.13. The van der Waals surface area contributed by atoms with E-state index >= 15 is 0 Å². The molecule has 0 heterocycles. The van der Waals surface area contributed by atoms with E-state index in [4.69, 9.17) is 0 Å². The van der Waals surface area contributed by atoms with Crippen molar-refractivity contribution in [3.63, 3.8) is 0 Å². The SMILES string of the molecule is CC(C)c1ccc(/C=N/NC=O)cc1. The van der Waals surface area contributed by atoms with Gasteiger partial charge in [0.05, 0.1) is 6.21 Å². The zero-order chi connectivity index (χ0) is 10.4. The maximum Gasteiger partial charge on any atom is 0.227 e. The van der Waals surface area contributed by atoms with Crippen LogP contribution in [0.1, 0.15) is 30.9 Å². The zero-order valence-electron chi connectivity index (χ0n) is 8.40. The summed E-state index contributed by atoms with van der Waals surface area (Å²) in [6, 6.07) is 8.08. The highest BCUT2D eigenvalue weighted by molar-refractivity contribution is 5.79. The Morgan fingerprint density at radius 2 is 1.93 bits per heavy atom. The van der Waals surface area contributed by atoms with Crippen molar-refractivity contribution >= 4 is 12.6 Å². The van der Waals surface area contributed by atoms with Gasteiger partial charge in [-0.25, -0.2) is 5.43 Å². The summed E-state index contributed by atoms with van der Waals surface area (Å²) in [4.78, 5) is 9.91. The number of hydrazone groups is 1. The molecule has 0 atom stereocenters. The van der Waals surface area contributed by atoms with E-state index in [0.717, 1.165) is 5.56 Å². The van der Waals surface area contributed by atoms with Crippen LogP contribution in [-0.4, -0.2) is 12.6 Å². The molecule has 0 saturated carbocycles. The van der Waals surface area contributed by atoms with Crippen LogP contribution >= 0.6 is 0 Å². The van der Waals surface area contributed by atoms with Crippen molar-refractivity contribution in [2.24, 2.45) is 5.10 Å². The van der Waals surface area contributed by atoms with Gasteiger partial charge < -0.3 is 0 Å². The molecule has 0 saturated heterocycles. The summed E-state index contributed by atoms with van der Waals surface area (Å²) in [5.41, 5.74) is 4.50. The van der Waals surface area contributed by atoms with Gasteiger partial charge in [-0.15, -0.1) is 0 Å². The number of carbonyl (C=O) groups excluding carboxylic acids is 1. The molecule has 74 valence electrons. The topological polar surface area (TPSA) is 41.5 Å². The normalized spacial score (nSPS) is 10.8. The first kappa shape index (κ1) is 10.4. The van der Waals surface area contributed by atoms with E-state index in [1.165, 1.54) is 5.56 Å². The Morgan fingerprint density at radius 3 is 2.43 bits per heavy atom. The third-order valence-electron chi connectivity index (χ3n) is 1.94. The minimum atomic E-state index is 0.536. The van der Waals surface area contributed by atoms with E-state index in [-0.39, 0.29) is 0 Å². The van der Waals surface area contributed by atoms with Gasteiger partial charge in [-0.1, -0.05) is 38.1 Å². The minimum absolute atomic E-state index is 0.536. The Hall–Kier alpha value is -1.64. The second kappa shape index (κ2) is 5.17. The zero-order valence-corrected chi connectivity index (χ0v) is 8.40. The van der Waals surface area contributed by atoms with Gasteiger partial charge in [0.15, 0.2) is 0 Å². The van der Waals surface area contributed by atoms with E-state index in [9.17, 15) is 4.79 Å². The van der Waals surface area contributed by atoms with Gasteiger partial charge in [0.25, 0.3) is 0 Å². The number of amides is 1. The van der Waals surface area contributed by atoms with Crippen LogP contribution in [0.4, 0.5) is 0 Å². The smallest absolute Gasteiger partial charge is 0.227 e. The molecule has 0 fully saturated rings. The summed E-state index contributed by atoms with van der Waals surface area (Å²) in [6.07, 6.45) is 2.15. The van der Waals surface area contributed by atoms with Crippen LogP contribution in [0.25, 0.3) is 0 Å². The molecule has 0 spiro atoms. The van der Waals surface area contributed by atoms with Gasteiger partial charge in [-0.05, 0) is 17.0 Å². The Labute approximate surface area is 83.8 Å². The van der Waals surface area contributed by atoms with Gasteiger partial charge in [0, 0.05) is 0 Å². The fourth-order valence-electron chi connectivity index (χ4n) is 1.11. The molecule has 1 aromatic carbocycles. The maximum atomic E-state index is 9.91. The van der Waals surface area contributed by atoms with Gasteiger partial charge in [-0.3, -0.25) is 4.79 Å². The van der Waals surface area contributed by atoms with Gasteiger partial charge in [-0.2, -0.15) is 5.10 Å². The van der Waals surface area contributed by atoms with Gasteiger partial charge >= 0.3 is 0 Å². The summed E-state index contributed by atoms with van der Waals surface area (Å²) in [5, 5.41) is 3.69. The molecule has 0 aliphatic carbocycles. The first-order valence-electron chi connectivity index (χ1n) is 4.56. The summed E-state index contributed by atoms with van der Waals surface area (Å²) >= 11 is 0. The molecule has 0 radical (unpaired) electrons. The summed E-state index contributed by atoms with van der Waals surface area (Å²) in [5.74, 6) is 0.536. The number of nitrogens with zero attached hydrogens (tertiary/aromatic N) is 1. The van der Waals surface area contributed by atoms with E-state index in [1.807, 2.05) is 12.1 Å². The van der Waals surface area contributed by atoms with Crippen LogP contribution in [0.5, 0.6) is 0 Å². The number of rotatable bonds is 4. The first-order valence-corrected chi connectivity index (χ1v) is 4.56. The largest absolute Gasteiger partial charge is 0.277 e. The molecule has 0 aromatic heterocycles. The molecule has 1 amide bonds. The standard InChI is InChI=1S/C11H14N2O/c1-9(2)11-5-3-10(4-6-11)7-12-13-8-14/h3-9H,1-2H3,(H,13,14)/b12-7+. The Bertz CT molecular complexity index is 315. The van der Waals surface area contributed by atoms with Crippen LogP contribution < -0.4 is 5.43 Å². The fraction of sp³-hybridized carbons (Fsp3) is 0.273. The Kier molecular flexibility index (Phi) is 3.85. The van der Waals surface area contributed by atoms with Gasteiger partial charge in [0.2, 0.25) is 6.41 Å².